The van der Waals surface area contributed by atoms with Gasteiger partial charge in [-0.2, -0.15) is 4.31 Å². The van der Waals surface area contributed by atoms with Crippen LogP contribution in [0.25, 0.3) is 0 Å². The highest BCUT2D eigenvalue weighted by molar-refractivity contribution is 7.89. The standard InChI is InChI=1S/C21H23N3O5S/c1-29-16-8-10-17(11-9-16)30(27,28)23-12-4-5-15(13-23)21(26)24-14-20(25)22-18-6-2-3-7-19(18)24/h2-3,6-11,15H,4-5,12-14H2,1H3,(H,22,25). The number of nitrogens with zero attached hydrogens (tertiary/aromatic N) is 2. The van der Waals surface area contributed by atoms with Crippen LogP contribution in [0.5, 0.6) is 5.75 Å². The predicted octanol–water partition coefficient (Wildman–Crippen LogP) is 2.08. The van der Waals surface area contributed by atoms with Gasteiger partial charge < -0.3 is 15.0 Å². The molecule has 2 aliphatic heterocycles. The van der Waals surface area contributed by atoms with Gasteiger partial charge in [-0.05, 0) is 49.2 Å². The van der Waals surface area contributed by atoms with Crippen molar-refractivity contribution in [3.05, 3.63) is 48.5 Å². The maximum atomic E-state index is 13.3. The lowest BCUT2D eigenvalue weighted by molar-refractivity contribution is -0.125. The van der Waals surface area contributed by atoms with Crippen molar-refractivity contribution >= 4 is 33.2 Å². The second-order valence-electron chi connectivity index (χ2n) is 7.37. The van der Waals surface area contributed by atoms with Gasteiger partial charge in [-0.15, -0.1) is 0 Å². The number of hydrogen-bond acceptors (Lipinski definition) is 5. The summed E-state index contributed by atoms with van der Waals surface area (Å²) in [5.41, 5.74) is 1.22. The fourth-order valence-electron chi connectivity index (χ4n) is 3.91. The summed E-state index contributed by atoms with van der Waals surface area (Å²) in [6.45, 7) is 0.375. The first-order chi connectivity index (χ1) is 14.4. The summed E-state index contributed by atoms with van der Waals surface area (Å²) < 4.78 is 32.6. The van der Waals surface area contributed by atoms with Crippen LogP contribution in [0.3, 0.4) is 0 Å². The molecule has 2 aromatic carbocycles. The van der Waals surface area contributed by atoms with Crippen molar-refractivity contribution in [2.24, 2.45) is 5.92 Å². The number of hydrogen-bond donors (Lipinski definition) is 1. The van der Waals surface area contributed by atoms with Crippen LogP contribution in [0.15, 0.2) is 53.4 Å². The van der Waals surface area contributed by atoms with Gasteiger partial charge in [0.25, 0.3) is 0 Å². The van der Waals surface area contributed by atoms with Crippen LogP contribution in [0.4, 0.5) is 11.4 Å². The van der Waals surface area contributed by atoms with E-state index >= 15 is 0 Å². The van der Waals surface area contributed by atoms with Crippen molar-refractivity contribution in [3.63, 3.8) is 0 Å². The highest BCUT2D eigenvalue weighted by Crippen LogP contribution is 2.32. The van der Waals surface area contributed by atoms with Crippen LogP contribution >= 0.6 is 0 Å². The third kappa shape index (κ3) is 3.78. The average molecular weight is 429 g/mol. The number of carbonyl (C=O) groups excluding carboxylic acids is 2. The van der Waals surface area contributed by atoms with E-state index in [1.165, 1.54) is 28.4 Å². The fourth-order valence-corrected chi connectivity index (χ4v) is 5.43. The summed E-state index contributed by atoms with van der Waals surface area (Å²) in [6, 6.07) is 13.3. The van der Waals surface area contributed by atoms with Gasteiger partial charge in [0.15, 0.2) is 0 Å². The summed E-state index contributed by atoms with van der Waals surface area (Å²) in [6.07, 6.45) is 1.15. The Hall–Kier alpha value is -2.91. The number of benzene rings is 2. The number of nitrogens with one attached hydrogen (secondary N) is 1. The number of para-hydroxylation sites is 2. The number of anilines is 2. The van der Waals surface area contributed by atoms with Gasteiger partial charge in [0.2, 0.25) is 21.8 Å². The molecular formula is C21H23N3O5S. The Morgan fingerprint density at radius 2 is 1.87 bits per heavy atom. The van der Waals surface area contributed by atoms with E-state index in [4.69, 9.17) is 4.74 Å². The molecule has 0 saturated carbocycles. The molecule has 9 heteroatoms. The lowest BCUT2D eigenvalue weighted by Gasteiger charge is -2.36. The lowest BCUT2D eigenvalue weighted by atomic mass is 9.97. The molecule has 1 saturated heterocycles. The molecule has 2 heterocycles. The smallest absolute Gasteiger partial charge is 0.244 e. The zero-order valence-corrected chi connectivity index (χ0v) is 17.4. The first-order valence-corrected chi connectivity index (χ1v) is 11.2. The van der Waals surface area contributed by atoms with Crippen LogP contribution in [-0.2, 0) is 19.6 Å². The molecule has 2 aliphatic rings. The second kappa shape index (κ2) is 8.08. The third-order valence-corrected chi connectivity index (χ3v) is 7.35. The summed E-state index contributed by atoms with van der Waals surface area (Å²) in [5, 5.41) is 2.76. The molecule has 0 spiro atoms. The van der Waals surface area contributed by atoms with Crippen LogP contribution < -0.4 is 15.0 Å². The zero-order chi connectivity index (χ0) is 21.3. The van der Waals surface area contributed by atoms with E-state index in [-0.39, 0.29) is 29.8 Å². The zero-order valence-electron chi connectivity index (χ0n) is 16.6. The highest BCUT2D eigenvalue weighted by atomic mass is 32.2. The van der Waals surface area contributed by atoms with Crippen molar-refractivity contribution in [1.82, 2.24) is 4.31 Å². The lowest BCUT2D eigenvalue weighted by Crippen LogP contribution is -2.50. The summed E-state index contributed by atoms with van der Waals surface area (Å²) in [7, 11) is -2.21. The predicted molar refractivity (Wildman–Crippen MR) is 112 cm³/mol. The minimum absolute atomic E-state index is 0.0718. The second-order valence-corrected chi connectivity index (χ2v) is 9.31. The Morgan fingerprint density at radius 1 is 1.13 bits per heavy atom. The quantitative estimate of drug-likeness (QED) is 0.803. The van der Waals surface area contributed by atoms with Crippen LogP contribution in [0.2, 0.25) is 0 Å². The number of methoxy groups -OCH3 is 1. The monoisotopic (exact) mass is 429 g/mol. The molecule has 2 aromatic rings. The Morgan fingerprint density at radius 3 is 2.60 bits per heavy atom. The van der Waals surface area contributed by atoms with Gasteiger partial charge in [-0.1, -0.05) is 12.1 Å². The fraction of sp³-hybridized carbons (Fsp3) is 0.333. The van der Waals surface area contributed by atoms with Gasteiger partial charge in [-0.25, -0.2) is 8.42 Å². The van der Waals surface area contributed by atoms with E-state index in [0.717, 1.165) is 0 Å². The van der Waals surface area contributed by atoms with E-state index in [1.54, 1.807) is 36.4 Å². The van der Waals surface area contributed by atoms with Gasteiger partial charge in [-0.3, -0.25) is 9.59 Å². The van der Waals surface area contributed by atoms with Crippen molar-refractivity contribution in [1.29, 1.82) is 0 Å². The van der Waals surface area contributed by atoms with Gasteiger partial charge in [0, 0.05) is 13.1 Å². The number of rotatable bonds is 4. The van der Waals surface area contributed by atoms with E-state index in [1.807, 2.05) is 0 Å². The Balaban J connectivity index is 1.55. The minimum Gasteiger partial charge on any atom is -0.497 e. The minimum atomic E-state index is -3.73. The number of amides is 2. The van der Waals surface area contributed by atoms with E-state index in [9.17, 15) is 18.0 Å². The van der Waals surface area contributed by atoms with Crippen molar-refractivity contribution in [3.8, 4) is 5.75 Å². The van der Waals surface area contributed by atoms with Crippen molar-refractivity contribution in [2.45, 2.75) is 17.7 Å². The molecule has 30 heavy (non-hydrogen) atoms. The summed E-state index contributed by atoms with van der Waals surface area (Å²) in [5.74, 6) is -0.430. The van der Waals surface area contributed by atoms with Crippen molar-refractivity contribution in [2.75, 3.05) is 37.0 Å². The van der Waals surface area contributed by atoms with Crippen LogP contribution in [0, 0.1) is 5.92 Å². The molecular weight excluding hydrogens is 406 g/mol. The molecule has 0 aromatic heterocycles. The highest BCUT2D eigenvalue weighted by Gasteiger charge is 2.37. The molecule has 1 atom stereocenters. The summed E-state index contributed by atoms with van der Waals surface area (Å²) in [4.78, 5) is 27.0. The van der Waals surface area contributed by atoms with E-state index in [2.05, 4.69) is 5.32 Å². The molecule has 0 bridgehead atoms. The molecule has 0 radical (unpaired) electrons. The molecule has 1 unspecified atom stereocenters. The number of sulfonamides is 1. The molecule has 4 rings (SSSR count). The number of piperidine rings is 1. The van der Waals surface area contributed by atoms with Crippen LogP contribution in [0.1, 0.15) is 12.8 Å². The largest absolute Gasteiger partial charge is 0.497 e. The maximum Gasteiger partial charge on any atom is 0.244 e. The SMILES string of the molecule is COc1ccc(S(=O)(=O)N2CCCC(C(=O)N3CC(=O)Nc4ccccc43)C2)cc1. The first kappa shape index (κ1) is 20.4. The molecule has 1 N–H and O–H groups in total. The molecule has 8 nitrogen and oxygen atoms in total. The Labute approximate surface area is 175 Å². The Bertz CT molecular complexity index is 1070. The van der Waals surface area contributed by atoms with E-state index in [0.29, 0.717) is 36.5 Å². The number of fused-ring (bicyclic) bond motifs is 1. The molecule has 158 valence electrons. The van der Waals surface area contributed by atoms with Gasteiger partial charge >= 0.3 is 0 Å². The molecule has 0 aliphatic carbocycles. The summed E-state index contributed by atoms with van der Waals surface area (Å²) >= 11 is 0. The topological polar surface area (TPSA) is 96.0 Å². The van der Waals surface area contributed by atoms with E-state index < -0.39 is 15.9 Å². The number of ether oxygens (including phenoxy) is 1. The maximum absolute atomic E-state index is 13.3. The van der Waals surface area contributed by atoms with Gasteiger partial charge in [0.05, 0.1) is 29.3 Å². The normalized spacial score (nSPS) is 19.7. The molecule has 2 amide bonds. The van der Waals surface area contributed by atoms with Gasteiger partial charge in [0.1, 0.15) is 12.3 Å². The van der Waals surface area contributed by atoms with Crippen LogP contribution in [-0.4, -0.2) is 51.3 Å². The third-order valence-electron chi connectivity index (χ3n) is 5.47. The van der Waals surface area contributed by atoms with Crippen molar-refractivity contribution < 1.29 is 22.7 Å². The first-order valence-electron chi connectivity index (χ1n) is 9.74. The Kier molecular flexibility index (Phi) is 5.48. The average Bonchev–Trinajstić information content (AvgIpc) is 2.78. The molecule has 1 fully saturated rings. The number of carbonyl (C=O) groups is 2.